The normalized spacial score (nSPS) is 17.9. The molecule has 0 aromatic heterocycles. The Hall–Kier alpha value is -1.06. The first-order chi connectivity index (χ1) is 9.19. The van der Waals surface area contributed by atoms with Gasteiger partial charge in [-0.25, -0.2) is 0 Å². The molecule has 1 aromatic rings. The van der Waals surface area contributed by atoms with E-state index in [4.69, 9.17) is 4.74 Å². The standard InChI is InChI=1S/C16H25NO2/c1-13(2)19-16-6-4-3-5-15(16)11-17-9-7-14(12-18)8-10-17/h3-6,13-14,18H,7-12H2,1-2H3. The van der Waals surface area contributed by atoms with Gasteiger partial charge in [0.05, 0.1) is 6.10 Å². The maximum atomic E-state index is 9.17. The van der Waals surface area contributed by atoms with Crippen LogP contribution in [0.25, 0.3) is 0 Å². The van der Waals surface area contributed by atoms with Crippen LogP contribution in [0.2, 0.25) is 0 Å². The number of piperidine rings is 1. The summed E-state index contributed by atoms with van der Waals surface area (Å²) in [6.45, 7) is 7.54. The van der Waals surface area contributed by atoms with Gasteiger partial charge in [0.15, 0.2) is 0 Å². The summed E-state index contributed by atoms with van der Waals surface area (Å²) < 4.78 is 5.86. The van der Waals surface area contributed by atoms with E-state index >= 15 is 0 Å². The number of hydrogen-bond donors (Lipinski definition) is 1. The minimum absolute atomic E-state index is 0.210. The van der Waals surface area contributed by atoms with Crippen LogP contribution in [-0.2, 0) is 6.54 Å². The fraction of sp³-hybridized carbons (Fsp3) is 0.625. The first-order valence-electron chi connectivity index (χ1n) is 7.27. The third-order valence-corrected chi connectivity index (χ3v) is 3.69. The topological polar surface area (TPSA) is 32.7 Å². The summed E-state index contributed by atoms with van der Waals surface area (Å²) in [6.07, 6.45) is 2.41. The molecule has 3 heteroatoms. The van der Waals surface area contributed by atoms with Crippen LogP contribution in [-0.4, -0.2) is 35.8 Å². The molecule has 1 fully saturated rings. The molecule has 0 aliphatic carbocycles. The first-order valence-corrected chi connectivity index (χ1v) is 7.27. The van der Waals surface area contributed by atoms with E-state index in [-0.39, 0.29) is 6.10 Å². The summed E-state index contributed by atoms with van der Waals surface area (Å²) in [5.41, 5.74) is 1.26. The van der Waals surface area contributed by atoms with Gasteiger partial charge in [0.25, 0.3) is 0 Å². The molecule has 1 aliphatic rings. The van der Waals surface area contributed by atoms with Crippen LogP contribution in [0.3, 0.4) is 0 Å². The Kier molecular flexibility index (Phi) is 5.23. The highest BCUT2D eigenvalue weighted by Crippen LogP contribution is 2.24. The Morgan fingerprint density at radius 3 is 2.58 bits per heavy atom. The second-order valence-corrected chi connectivity index (χ2v) is 5.68. The van der Waals surface area contributed by atoms with Crippen LogP contribution in [0.1, 0.15) is 32.3 Å². The molecule has 1 aliphatic heterocycles. The van der Waals surface area contributed by atoms with E-state index in [0.717, 1.165) is 38.2 Å². The number of benzene rings is 1. The maximum absolute atomic E-state index is 9.17. The van der Waals surface area contributed by atoms with E-state index in [0.29, 0.717) is 12.5 Å². The van der Waals surface area contributed by atoms with Crippen molar-refractivity contribution in [3.8, 4) is 5.75 Å². The summed E-state index contributed by atoms with van der Waals surface area (Å²) >= 11 is 0. The largest absolute Gasteiger partial charge is 0.491 e. The lowest BCUT2D eigenvalue weighted by atomic mass is 9.97. The Morgan fingerprint density at radius 2 is 1.95 bits per heavy atom. The zero-order valence-corrected chi connectivity index (χ0v) is 12.0. The number of rotatable bonds is 5. The molecule has 0 unspecified atom stereocenters. The lowest BCUT2D eigenvalue weighted by molar-refractivity contribution is 0.126. The molecular weight excluding hydrogens is 238 g/mol. The monoisotopic (exact) mass is 263 g/mol. The lowest BCUT2D eigenvalue weighted by Gasteiger charge is -2.31. The maximum Gasteiger partial charge on any atom is 0.124 e. The molecule has 2 rings (SSSR count). The molecule has 1 N–H and O–H groups in total. The molecule has 106 valence electrons. The third kappa shape index (κ3) is 4.22. The van der Waals surface area contributed by atoms with E-state index in [1.54, 1.807) is 0 Å². The van der Waals surface area contributed by atoms with Gasteiger partial charge in [0.1, 0.15) is 5.75 Å². The molecule has 19 heavy (non-hydrogen) atoms. The number of aliphatic hydroxyl groups is 1. The smallest absolute Gasteiger partial charge is 0.124 e. The molecular formula is C16H25NO2. The predicted octanol–water partition coefficient (Wildman–Crippen LogP) is 2.68. The van der Waals surface area contributed by atoms with E-state index in [9.17, 15) is 5.11 Å². The molecule has 1 aromatic carbocycles. The Balaban J connectivity index is 1.95. The molecule has 3 nitrogen and oxygen atoms in total. The van der Waals surface area contributed by atoms with Gasteiger partial charge in [0, 0.05) is 18.7 Å². The average Bonchev–Trinajstić information content (AvgIpc) is 2.41. The van der Waals surface area contributed by atoms with Gasteiger partial charge in [-0.05, 0) is 51.8 Å². The first kappa shape index (κ1) is 14.4. The molecule has 1 saturated heterocycles. The van der Waals surface area contributed by atoms with E-state index in [1.807, 2.05) is 6.07 Å². The molecule has 1 heterocycles. The Morgan fingerprint density at radius 1 is 1.26 bits per heavy atom. The van der Waals surface area contributed by atoms with Gasteiger partial charge in [-0.2, -0.15) is 0 Å². The number of aliphatic hydroxyl groups excluding tert-OH is 1. The lowest BCUT2D eigenvalue weighted by Crippen LogP contribution is -2.34. The van der Waals surface area contributed by atoms with Gasteiger partial charge < -0.3 is 9.84 Å². The molecule has 0 radical (unpaired) electrons. The minimum Gasteiger partial charge on any atom is -0.491 e. The summed E-state index contributed by atoms with van der Waals surface area (Å²) in [5, 5.41) is 9.17. The van der Waals surface area contributed by atoms with E-state index in [1.165, 1.54) is 5.56 Å². The summed E-state index contributed by atoms with van der Waals surface area (Å²) in [7, 11) is 0. The zero-order valence-electron chi connectivity index (χ0n) is 12.0. The minimum atomic E-state index is 0.210. The van der Waals surface area contributed by atoms with Gasteiger partial charge in [-0.15, -0.1) is 0 Å². The van der Waals surface area contributed by atoms with E-state index < -0.39 is 0 Å². The quantitative estimate of drug-likeness (QED) is 0.886. The summed E-state index contributed by atoms with van der Waals surface area (Å²) in [4.78, 5) is 2.45. The zero-order chi connectivity index (χ0) is 13.7. The van der Waals surface area contributed by atoms with Gasteiger partial charge in [-0.1, -0.05) is 18.2 Å². The van der Waals surface area contributed by atoms with Crippen LogP contribution < -0.4 is 4.74 Å². The fourth-order valence-electron chi connectivity index (χ4n) is 2.57. The van der Waals surface area contributed by atoms with Crippen molar-refractivity contribution in [2.75, 3.05) is 19.7 Å². The second kappa shape index (κ2) is 6.92. The van der Waals surface area contributed by atoms with Gasteiger partial charge >= 0.3 is 0 Å². The summed E-state index contributed by atoms with van der Waals surface area (Å²) in [6, 6.07) is 8.30. The summed E-state index contributed by atoms with van der Waals surface area (Å²) in [5.74, 6) is 1.50. The number of para-hydroxylation sites is 1. The van der Waals surface area contributed by atoms with Crippen LogP contribution in [0.4, 0.5) is 0 Å². The number of nitrogens with zero attached hydrogens (tertiary/aromatic N) is 1. The number of hydrogen-bond acceptors (Lipinski definition) is 3. The van der Waals surface area contributed by atoms with Crippen molar-refractivity contribution in [1.82, 2.24) is 4.90 Å². The second-order valence-electron chi connectivity index (χ2n) is 5.68. The van der Waals surface area contributed by atoms with Crippen molar-refractivity contribution < 1.29 is 9.84 Å². The number of ether oxygens (including phenoxy) is 1. The number of likely N-dealkylation sites (tertiary alicyclic amines) is 1. The molecule has 0 amide bonds. The van der Waals surface area contributed by atoms with Crippen molar-refractivity contribution in [1.29, 1.82) is 0 Å². The molecule has 0 bridgehead atoms. The van der Waals surface area contributed by atoms with Crippen molar-refractivity contribution in [2.45, 2.75) is 39.3 Å². The van der Waals surface area contributed by atoms with Crippen molar-refractivity contribution >= 4 is 0 Å². The van der Waals surface area contributed by atoms with Crippen molar-refractivity contribution in [2.24, 2.45) is 5.92 Å². The highest BCUT2D eigenvalue weighted by atomic mass is 16.5. The van der Waals surface area contributed by atoms with Crippen LogP contribution >= 0.6 is 0 Å². The Labute approximate surface area is 116 Å². The predicted molar refractivity (Wildman–Crippen MR) is 77.3 cm³/mol. The third-order valence-electron chi connectivity index (χ3n) is 3.69. The van der Waals surface area contributed by atoms with Crippen LogP contribution in [0, 0.1) is 5.92 Å². The highest BCUT2D eigenvalue weighted by molar-refractivity contribution is 5.33. The SMILES string of the molecule is CC(C)Oc1ccccc1CN1CCC(CO)CC1. The van der Waals surface area contributed by atoms with Crippen molar-refractivity contribution in [3.05, 3.63) is 29.8 Å². The fourth-order valence-corrected chi connectivity index (χ4v) is 2.57. The van der Waals surface area contributed by atoms with Gasteiger partial charge in [-0.3, -0.25) is 4.90 Å². The van der Waals surface area contributed by atoms with Crippen LogP contribution in [0.15, 0.2) is 24.3 Å². The molecule has 0 spiro atoms. The van der Waals surface area contributed by atoms with E-state index in [2.05, 4.69) is 36.9 Å². The highest BCUT2D eigenvalue weighted by Gasteiger charge is 2.19. The Bertz CT molecular complexity index is 384. The van der Waals surface area contributed by atoms with Crippen molar-refractivity contribution in [3.63, 3.8) is 0 Å². The molecule has 0 saturated carbocycles. The molecule has 0 atom stereocenters. The average molecular weight is 263 g/mol. The van der Waals surface area contributed by atoms with Crippen LogP contribution in [0.5, 0.6) is 5.75 Å². The van der Waals surface area contributed by atoms with Gasteiger partial charge in [0.2, 0.25) is 0 Å².